The standard InChI is InChI=1S/C16H17BrN2O/c17-14-2-1-13-10-16(20,5-3-12(13)8-14)9-11-4-6-19-15(18)7-11/h1-2,4,6-8,20H,3,5,9-10H2,(H2,18,19). The SMILES string of the molecule is Nc1cc(CC2(O)CCc3cc(Br)ccc3C2)ccn1. The van der Waals surface area contributed by atoms with Crippen LogP contribution in [-0.4, -0.2) is 15.7 Å². The number of aromatic nitrogens is 1. The number of aryl methyl sites for hydroxylation is 1. The van der Waals surface area contributed by atoms with Crippen LogP contribution in [0.3, 0.4) is 0 Å². The molecule has 1 atom stereocenters. The Balaban J connectivity index is 1.82. The zero-order valence-corrected chi connectivity index (χ0v) is 12.7. The van der Waals surface area contributed by atoms with Crippen molar-refractivity contribution in [2.45, 2.75) is 31.3 Å². The van der Waals surface area contributed by atoms with E-state index in [1.807, 2.05) is 18.2 Å². The first-order valence-electron chi connectivity index (χ1n) is 6.74. The Morgan fingerprint density at radius 2 is 2.10 bits per heavy atom. The lowest BCUT2D eigenvalue weighted by Crippen LogP contribution is -2.38. The number of benzene rings is 1. The third kappa shape index (κ3) is 2.86. The fraction of sp³-hybridized carbons (Fsp3) is 0.312. The average Bonchev–Trinajstić information content (AvgIpc) is 2.39. The first-order chi connectivity index (χ1) is 9.54. The second kappa shape index (κ2) is 5.19. The molecule has 20 heavy (non-hydrogen) atoms. The summed E-state index contributed by atoms with van der Waals surface area (Å²) in [6.07, 6.45) is 4.69. The fourth-order valence-corrected chi connectivity index (χ4v) is 3.35. The second-order valence-electron chi connectivity index (χ2n) is 5.58. The molecule has 0 bridgehead atoms. The van der Waals surface area contributed by atoms with E-state index in [1.165, 1.54) is 11.1 Å². The van der Waals surface area contributed by atoms with Crippen LogP contribution in [0.25, 0.3) is 0 Å². The van der Waals surface area contributed by atoms with Crippen molar-refractivity contribution < 1.29 is 5.11 Å². The predicted molar refractivity (Wildman–Crippen MR) is 83.5 cm³/mol. The first kappa shape index (κ1) is 13.6. The van der Waals surface area contributed by atoms with Crippen LogP contribution in [0.1, 0.15) is 23.1 Å². The molecule has 1 aromatic heterocycles. The Hall–Kier alpha value is -1.39. The van der Waals surface area contributed by atoms with Crippen LogP contribution < -0.4 is 5.73 Å². The zero-order valence-electron chi connectivity index (χ0n) is 11.1. The van der Waals surface area contributed by atoms with Gasteiger partial charge in [0.05, 0.1) is 5.60 Å². The third-order valence-corrected chi connectivity index (χ3v) is 4.42. The monoisotopic (exact) mass is 332 g/mol. The van der Waals surface area contributed by atoms with Gasteiger partial charge in [0, 0.05) is 23.5 Å². The van der Waals surface area contributed by atoms with Crippen LogP contribution in [0, 0.1) is 0 Å². The molecule has 3 rings (SSSR count). The molecule has 1 unspecified atom stereocenters. The highest BCUT2D eigenvalue weighted by Gasteiger charge is 2.32. The molecule has 0 saturated heterocycles. The van der Waals surface area contributed by atoms with E-state index in [0.29, 0.717) is 18.7 Å². The van der Waals surface area contributed by atoms with Crippen LogP contribution in [0.2, 0.25) is 0 Å². The number of nitrogen functional groups attached to an aromatic ring is 1. The van der Waals surface area contributed by atoms with E-state index in [2.05, 4.69) is 33.0 Å². The van der Waals surface area contributed by atoms with Gasteiger partial charge in [-0.15, -0.1) is 0 Å². The van der Waals surface area contributed by atoms with Crippen molar-refractivity contribution in [1.82, 2.24) is 4.98 Å². The molecule has 104 valence electrons. The highest BCUT2D eigenvalue weighted by Crippen LogP contribution is 2.32. The topological polar surface area (TPSA) is 59.1 Å². The van der Waals surface area contributed by atoms with Crippen molar-refractivity contribution in [3.05, 3.63) is 57.7 Å². The van der Waals surface area contributed by atoms with Gasteiger partial charge in [-0.2, -0.15) is 0 Å². The minimum absolute atomic E-state index is 0.506. The van der Waals surface area contributed by atoms with Gasteiger partial charge in [-0.3, -0.25) is 0 Å². The van der Waals surface area contributed by atoms with Crippen LogP contribution in [0.5, 0.6) is 0 Å². The lowest BCUT2D eigenvalue weighted by Gasteiger charge is -2.34. The number of pyridine rings is 1. The molecule has 0 radical (unpaired) electrons. The fourth-order valence-electron chi connectivity index (χ4n) is 2.95. The average molecular weight is 333 g/mol. The number of nitrogens with zero attached hydrogens (tertiary/aromatic N) is 1. The van der Waals surface area contributed by atoms with Crippen LogP contribution >= 0.6 is 15.9 Å². The number of fused-ring (bicyclic) bond motifs is 1. The quantitative estimate of drug-likeness (QED) is 0.888. The number of rotatable bonds is 2. The summed E-state index contributed by atoms with van der Waals surface area (Å²) in [6.45, 7) is 0. The van der Waals surface area contributed by atoms with Gasteiger partial charge < -0.3 is 10.8 Å². The molecule has 0 saturated carbocycles. The minimum atomic E-state index is -0.686. The Bertz CT molecular complexity index is 644. The molecular formula is C16H17BrN2O. The van der Waals surface area contributed by atoms with E-state index in [9.17, 15) is 5.11 Å². The van der Waals surface area contributed by atoms with Crippen molar-refractivity contribution in [2.75, 3.05) is 5.73 Å². The summed E-state index contributed by atoms with van der Waals surface area (Å²) in [6, 6.07) is 10.1. The van der Waals surface area contributed by atoms with Crippen LogP contribution in [-0.2, 0) is 19.3 Å². The zero-order chi connectivity index (χ0) is 14.2. The summed E-state index contributed by atoms with van der Waals surface area (Å²) in [7, 11) is 0. The van der Waals surface area contributed by atoms with Crippen molar-refractivity contribution in [3.63, 3.8) is 0 Å². The van der Waals surface area contributed by atoms with E-state index in [1.54, 1.807) is 6.20 Å². The maximum atomic E-state index is 10.9. The summed E-state index contributed by atoms with van der Waals surface area (Å²) in [5.41, 5.74) is 8.63. The van der Waals surface area contributed by atoms with E-state index < -0.39 is 5.60 Å². The van der Waals surface area contributed by atoms with Crippen LogP contribution in [0.4, 0.5) is 5.82 Å². The Kier molecular flexibility index (Phi) is 3.52. The van der Waals surface area contributed by atoms with Gasteiger partial charge in [-0.05, 0) is 53.8 Å². The molecule has 0 fully saturated rings. The van der Waals surface area contributed by atoms with E-state index >= 15 is 0 Å². The minimum Gasteiger partial charge on any atom is -0.389 e. The van der Waals surface area contributed by atoms with Gasteiger partial charge in [-0.25, -0.2) is 4.98 Å². The highest BCUT2D eigenvalue weighted by molar-refractivity contribution is 9.10. The molecule has 1 heterocycles. The van der Waals surface area contributed by atoms with Gasteiger partial charge in [0.25, 0.3) is 0 Å². The Morgan fingerprint density at radius 1 is 1.25 bits per heavy atom. The van der Waals surface area contributed by atoms with Crippen molar-refractivity contribution >= 4 is 21.7 Å². The number of hydrogen-bond donors (Lipinski definition) is 2. The molecule has 1 aliphatic rings. The highest BCUT2D eigenvalue weighted by atomic mass is 79.9. The van der Waals surface area contributed by atoms with E-state index in [-0.39, 0.29) is 0 Å². The predicted octanol–water partition coefficient (Wildman–Crippen LogP) is 2.89. The number of anilines is 1. The van der Waals surface area contributed by atoms with Crippen molar-refractivity contribution in [1.29, 1.82) is 0 Å². The largest absolute Gasteiger partial charge is 0.389 e. The second-order valence-corrected chi connectivity index (χ2v) is 6.50. The van der Waals surface area contributed by atoms with Gasteiger partial charge in [-0.1, -0.05) is 22.0 Å². The molecule has 0 spiro atoms. The van der Waals surface area contributed by atoms with Crippen molar-refractivity contribution in [3.8, 4) is 0 Å². The molecule has 0 amide bonds. The third-order valence-electron chi connectivity index (χ3n) is 3.93. The number of aliphatic hydroxyl groups is 1. The van der Waals surface area contributed by atoms with E-state index in [0.717, 1.165) is 22.9 Å². The molecule has 1 aliphatic carbocycles. The van der Waals surface area contributed by atoms with Crippen LogP contribution in [0.15, 0.2) is 41.0 Å². The maximum absolute atomic E-state index is 10.9. The first-order valence-corrected chi connectivity index (χ1v) is 7.53. The molecule has 0 aliphatic heterocycles. The Labute approximate surface area is 127 Å². The number of nitrogens with two attached hydrogens (primary N) is 1. The summed E-state index contributed by atoms with van der Waals surface area (Å²) < 4.78 is 1.10. The summed E-state index contributed by atoms with van der Waals surface area (Å²) in [4.78, 5) is 3.99. The molecular weight excluding hydrogens is 316 g/mol. The molecule has 3 nitrogen and oxygen atoms in total. The Morgan fingerprint density at radius 3 is 2.90 bits per heavy atom. The maximum Gasteiger partial charge on any atom is 0.123 e. The summed E-state index contributed by atoms with van der Waals surface area (Å²) in [5, 5.41) is 10.9. The van der Waals surface area contributed by atoms with E-state index in [4.69, 9.17) is 5.73 Å². The number of halogens is 1. The smallest absolute Gasteiger partial charge is 0.123 e. The summed E-state index contributed by atoms with van der Waals surface area (Å²) in [5.74, 6) is 0.506. The molecule has 2 aromatic rings. The lowest BCUT2D eigenvalue weighted by atomic mass is 9.77. The summed E-state index contributed by atoms with van der Waals surface area (Å²) >= 11 is 3.50. The normalized spacial score (nSPS) is 21.5. The molecule has 4 heteroatoms. The van der Waals surface area contributed by atoms with Gasteiger partial charge in [0.15, 0.2) is 0 Å². The molecule has 1 aromatic carbocycles. The molecule has 3 N–H and O–H groups in total. The van der Waals surface area contributed by atoms with Gasteiger partial charge >= 0.3 is 0 Å². The lowest BCUT2D eigenvalue weighted by molar-refractivity contribution is 0.0267. The van der Waals surface area contributed by atoms with Gasteiger partial charge in [0.1, 0.15) is 5.82 Å². The van der Waals surface area contributed by atoms with Gasteiger partial charge in [0.2, 0.25) is 0 Å². The number of hydrogen-bond acceptors (Lipinski definition) is 3. The van der Waals surface area contributed by atoms with Crippen molar-refractivity contribution in [2.24, 2.45) is 0 Å².